The van der Waals surface area contributed by atoms with E-state index in [9.17, 15) is 5.11 Å². The SMILES string of the molecule is C#CC1N2CCC(CC2)C1(O)c1ccc(N2CCOCC2)nc1Cc1ccccc1. The third kappa shape index (κ3) is 3.30. The minimum absolute atomic E-state index is 0.175. The fourth-order valence-electron chi connectivity index (χ4n) is 5.45. The Morgan fingerprint density at radius 1 is 1.07 bits per heavy atom. The Labute approximate surface area is 178 Å². The van der Waals surface area contributed by atoms with Gasteiger partial charge in [0.05, 0.1) is 18.9 Å². The summed E-state index contributed by atoms with van der Waals surface area (Å²) in [4.78, 5) is 9.62. The number of nitrogens with zero attached hydrogens (tertiary/aromatic N) is 3. The van der Waals surface area contributed by atoms with Crippen LogP contribution in [0.2, 0.25) is 0 Å². The standard InChI is InChI=1S/C25H29N3O2/c1-2-23-25(29,20-10-12-27(23)13-11-20)21-8-9-24(28-14-16-30-17-15-28)26-22(21)18-19-6-4-3-5-7-19/h1,3-9,20,23,29H,10-18H2. The highest BCUT2D eigenvalue weighted by molar-refractivity contribution is 5.47. The summed E-state index contributed by atoms with van der Waals surface area (Å²) in [6, 6.07) is 14.2. The third-order valence-electron chi connectivity index (χ3n) is 7.03. The van der Waals surface area contributed by atoms with Crippen LogP contribution in [-0.4, -0.2) is 60.4 Å². The molecular weight excluding hydrogens is 374 g/mol. The van der Waals surface area contributed by atoms with Crippen LogP contribution in [0.4, 0.5) is 5.82 Å². The average molecular weight is 404 g/mol. The van der Waals surface area contributed by atoms with Crippen LogP contribution in [0.3, 0.4) is 0 Å². The second-order valence-corrected chi connectivity index (χ2v) is 8.63. The number of piperidine rings is 3. The van der Waals surface area contributed by atoms with Crippen LogP contribution in [-0.2, 0) is 16.8 Å². The minimum atomic E-state index is -1.05. The molecule has 4 aliphatic rings. The number of terminal acetylenes is 1. The summed E-state index contributed by atoms with van der Waals surface area (Å²) in [5, 5.41) is 12.1. The number of hydrogen-bond donors (Lipinski definition) is 1. The van der Waals surface area contributed by atoms with Gasteiger partial charge in [0.25, 0.3) is 0 Å². The highest BCUT2D eigenvalue weighted by Gasteiger charge is 2.54. The zero-order chi connectivity index (χ0) is 20.6. The van der Waals surface area contributed by atoms with E-state index in [0.29, 0.717) is 6.42 Å². The molecule has 5 nitrogen and oxygen atoms in total. The molecular formula is C25H29N3O2. The van der Waals surface area contributed by atoms with Crippen molar-refractivity contribution >= 4 is 5.82 Å². The van der Waals surface area contributed by atoms with Crippen LogP contribution in [0, 0.1) is 18.3 Å². The van der Waals surface area contributed by atoms with Crippen LogP contribution in [0.1, 0.15) is 29.7 Å². The molecule has 0 saturated carbocycles. The number of benzene rings is 1. The van der Waals surface area contributed by atoms with Gasteiger partial charge >= 0.3 is 0 Å². The van der Waals surface area contributed by atoms with E-state index in [1.165, 1.54) is 5.56 Å². The second-order valence-electron chi connectivity index (χ2n) is 8.63. The predicted octanol–water partition coefficient (Wildman–Crippen LogP) is 2.42. The molecule has 1 aromatic heterocycles. The number of hydrogen-bond acceptors (Lipinski definition) is 5. The van der Waals surface area contributed by atoms with Crippen molar-refractivity contribution in [2.24, 2.45) is 5.92 Å². The van der Waals surface area contributed by atoms with Crippen LogP contribution >= 0.6 is 0 Å². The van der Waals surface area contributed by atoms with E-state index in [0.717, 1.165) is 69.3 Å². The van der Waals surface area contributed by atoms with Gasteiger partial charge in [0.1, 0.15) is 17.5 Å². The van der Waals surface area contributed by atoms with E-state index in [1.807, 2.05) is 18.2 Å². The van der Waals surface area contributed by atoms with Crippen molar-refractivity contribution in [1.82, 2.24) is 9.88 Å². The molecule has 2 unspecified atom stereocenters. The van der Waals surface area contributed by atoms with Gasteiger partial charge < -0.3 is 14.7 Å². The predicted molar refractivity (Wildman–Crippen MR) is 117 cm³/mol. The zero-order valence-corrected chi connectivity index (χ0v) is 17.3. The first-order valence-electron chi connectivity index (χ1n) is 11.0. The third-order valence-corrected chi connectivity index (χ3v) is 7.03. The van der Waals surface area contributed by atoms with Gasteiger partial charge in [-0.2, -0.15) is 0 Å². The Morgan fingerprint density at radius 3 is 2.50 bits per heavy atom. The van der Waals surface area contributed by atoms with Crippen molar-refractivity contribution in [2.75, 3.05) is 44.3 Å². The zero-order valence-electron chi connectivity index (χ0n) is 17.3. The van der Waals surface area contributed by atoms with Crippen LogP contribution in [0.25, 0.3) is 0 Å². The van der Waals surface area contributed by atoms with E-state index in [2.05, 4.69) is 40.0 Å². The first-order valence-corrected chi connectivity index (χ1v) is 11.0. The Bertz CT molecular complexity index is 927. The maximum absolute atomic E-state index is 12.1. The normalized spacial score (nSPS) is 30.8. The molecule has 0 radical (unpaired) electrons. The molecule has 2 bridgehead atoms. The maximum Gasteiger partial charge on any atom is 0.128 e. The number of morpholine rings is 1. The first kappa shape index (κ1) is 19.6. The maximum atomic E-state index is 12.1. The molecule has 0 amide bonds. The molecule has 6 rings (SSSR count). The molecule has 1 N–H and O–H groups in total. The fourth-order valence-corrected chi connectivity index (χ4v) is 5.45. The molecule has 2 atom stereocenters. The summed E-state index contributed by atoms with van der Waals surface area (Å²) in [7, 11) is 0. The lowest BCUT2D eigenvalue weighted by molar-refractivity contribution is -0.143. The first-order chi connectivity index (χ1) is 14.7. The monoisotopic (exact) mass is 403 g/mol. The number of pyridine rings is 1. The van der Waals surface area contributed by atoms with E-state index in [4.69, 9.17) is 16.1 Å². The molecule has 5 heterocycles. The Morgan fingerprint density at radius 2 is 1.80 bits per heavy atom. The second kappa shape index (κ2) is 8.03. The number of aliphatic hydroxyl groups is 1. The molecule has 2 aromatic rings. The Balaban J connectivity index is 1.59. The highest BCUT2D eigenvalue weighted by Crippen LogP contribution is 2.47. The van der Waals surface area contributed by atoms with Crippen molar-refractivity contribution < 1.29 is 9.84 Å². The Hall–Kier alpha value is -2.39. The van der Waals surface area contributed by atoms with Crippen molar-refractivity contribution in [3.8, 4) is 12.3 Å². The topological polar surface area (TPSA) is 48.8 Å². The van der Waals surface area contributed by atoms with E-state index in [-0.39, 0.29) is 12.0 Å². The molecule has 0 spiro atoms. The van der Waals surface area contributed by atoms with Gasteiger partial charge in [-0.1, -0.05) is 42.3 Å². The summed E-state index contributed by atoms with van der Waals surface area (Å²) in [5.74, 6) is 4.04. The van der Waals surface area contributed by atoms with E-state index < -0.39 is 5.60 Å². The number of ether oxygens (including phenoxy) is 1. The number of aromatic nitrogens is 1. The molecule has 1 aromatic carbocycles. The van der Waals surface area contributed by atoms with Gasteiger partial charge in [-0.15, -0.1) is 6.42 Å². The van der Waals surface area contributed by atoms with E-state index >= 15 is 0 Å². The average Bonchev–Trinajstić information content (AvgIpc) is 2.81. The smallest absolute Gasteiger partial charge is 0.128 e. The molecule has 156 valence electrons. The van der Waals surface area contributed by atoms with Gasteiger partial charge in [-0.3, -0.25) is 4.90 Å². The summed E-state index contributed by atoms with van der Waals surface area (Å²) >= 11 is 0. The highest BCUT2D eigenvalue weighted by atomic mass is 16.5. The van der Waals surface area contributed by atoms with Gasteiger partial charge in [-0.25, -0.2) is 4.98 Å². The molecule has 5 heteroatoms. The molecule has 30 heavy (non-hydrogen) atoms. The quantitative estimate of drug-likeness (QED) is 0.795. The molecule has 4 fully saturated rings. The Kier molecular flexibility index (Phi) is 5.24. The van der Waals surface area contributed by atoms with Gasteiger partial charge in [0, 0.05) is 25.1 Å². The lowest BCUT2D eigenvalue weighted by Gasteiger charge is -2.54. The van der Waals surface area contributed by atoms with Gasteiger partial charge in [0.15, 0.2) is 0 Å². The number of anilines is 1. The lowest BCUT2D eigenvalue weighted by Crippen LogP contribution is -2.63. The van der Waals surface area contributed by atoms with Crippen LogP contribution < -0.4 is 4.90 Å². The van der Waals surface area contributed by atoms with Crippen molar-refractivity contribution in [3.05, 3.63) is 59.3 Å². The largest absolute Gasteiger partial charge is 0.382 e. The van der Waals surface area contributed by atoms with Crippen molar-refractivity contribution in [1.29, 1.82) is 0 Å². The van der Waals surface area contributed by atoms with Crippen LogP contribution in [0.5, 0.6) is 0 Å². The van der Waals surface area contributed by atoms with Crippen molar-refractivity contribution in [2.45, 2.75) is 30.9 Å². The molecule has 0 aliphatic carbocycles. The van der Waals surface area contributed by atoms with Crippen LogP contribution in [0.15, 0.2) is 42.5 Å². The summed E-state index contributed by atoms with van der Waals surface area (Å²) in [6.07, 6.45) is 8.59. The van der Waals surface area contributed by atoms with Gasteiger partial charge in [0.2, 0.25) is 0 Å². The molecule has 4 aliphatic heterocycles. The molecule has 4 saturated heterocycles. The summed E-state index contributed by atoms with van der Waals surface area (Å²) in [6.45, 7) is 5.05. The fraction of sp³-hybridized carbons (Fsp3) is 0.480. The van der Waals surface area contributed by atoms with Crippen molar-refractivity contribution in [3.63, 3.8) is 0 Å². The number of rotatable bonds is 4. The summed E-state index contributed by atoms with van der Waals surface area (Å²) in [5.41, 5.74) is 1.97. The number of fused-ring (bicyclic) bond motifs is 3. The summed E-state index contributed by atoms with van der Waals surface area (Å²) < 4.78 is 5.51. The van der Waals surface area contributed by atoms with E-state index in [1.54, 1.807) is 0 Å². The minimum Gasteiger partial charge on any atom is -0.382 e. The lowest BCUT2D eigenvalue weighted by atomic mass is 9.66. The van der Waals surface area contributed by atoms with Gasteiger partial charge in [-0.05, 0) is 43.5 Å².